The van der Waals surface area contributed by atoms with Gasteiger partial charge in [0.25, 0.3) is 0 Å². The summed E-state index contributed by atoms with van der Waals surface area (Å²) in [5.74, 6) is 0. The number of anilines is 1. The van der Waals surface area contributed by atoms with Crippen LogP contribution < -0.4 is 5.73 Å². The van der Waals surface area contributed by atoms with Crippen molar-refractivity contribution in [3.8, 4) is 0 Å². The smallest absolute Gasteiger partial charge is 0.410 e. The van der Waals surface area contributed by atoms with Crippen LogP contribution in [-0.4, -0.2) is 23.1 Å². The second-order valence-corrected chi connectivity index (χ2v) is 5.17. The van der Waals surface area contributed by atoms with Gasteiger partial charge >= 0.3 is 6.09 Å². The normalized spacial score (nSPS) is 11.1. The van der Waals surface area contributed by atoms with Crippen LogP contribution in [0, 0.1) is 0 Å². The third-order valence-electron chi connectivity index (χ3n) is 2.75. The van der Waals surface area contributed by atoms with Crippen molar-refractivity contribution in [2.24, 2.45) is 0 Å². The molecule has 0 aliphatic heterocycles. The first-order valence-electron chi connectivity index (χ1n) is 6.14. The third kappa shape index (κ3) is 3.65. The monoisotopic (exact) mass is 250 g/mol. The van der Waals surface area contributed by atoms with Crippen LogP contribution in [0.5, 0.6) is 0 Å². The Bertz CT molecular complexity index is 411. The SMILES string of the molecule is CCN(C(=O)OCc1ccccc1N)C(C)(C)C. The van der Waals surface area contributed by atoms with Crippen molar-refractivity contribution in [3.63, 3.8) is 0 Å². The second-order valence-electron chi connectivity index (χ2n) is 5.17. The number of hydrogen-bond acceptors (Lipinski definition) is 3. The number of nitrogens with two attached hydrogens (primary N) is 1. The standard InChI is InChI=1S/C14H22N2O2/c1-5-16(14(2,3)4)13(17)18-10-11-8-6-7-9-12(11)15/h6-9H,5,10,15H2,1-4H3. The molecule has 100 valence electrons. The lowest BCUT2D eigenvalue weighted by Gasteiger charge is -2.33. The number of hydrogen-bond donors (Lipinski definition) is 1. The zero-order valence-corrected chi connectivity index (χ0v) is 11.6. The average Bonchev–Trinajstić information content (AvgIpc) is 2.27. The van der Waals surface area contributed by atoms with E-state index in [9.17, 15) is 4.79 Å². The van der Waals surface area contributed by atoms with Crippen molar-refractivity contribution < 1.29 is 9.53 Å². The molecule has 0 spiro atoms. The van der Waals surface area contributed by atoms with Gasteiger partial charge in [0.2, 0.25) is 0 Å². The summed E-state index contributed by atoms with van der Waals surface area (Å²) in [4.78, 5) is 13.7. The summed E-state index contributed by atoms with van der Waals surface area (Å²) in [7, 11) is 0. The molecular weight excluding hydrogens is 228 g/mol. The molecule has 0 heterocycles. The van der Waals surface area contributed by atoms with E-state index in [1.165, 1.54) is 0 Å². The predicted molar refractivity (Wildman–Crippen MR) is 73.2 cm³/mol. The van der Waals surface area contributed by atoms with Crippen molar-refractivity contribution in [1.82, 2.24) is 4.90 Å². The van der Waals surface area contributed by atoms with Gasteiger partial charge in [-0.2, -0.15) is 0 Å². The van der Waals surface area contributed by atoms with Crippen LogP contribution in [0.15, 0.2) is 24.3 Å². The van der Waals surface area contributed by atoms with Crippen molar-refractivity contribution in [2.45, 2.75) is 39.8 Å². The largest absolute Gasteiger partial charge is 0.444 e. The fourth-order valence-electron chi connectivity index (χ4n) is 1.76. The molecule has 0 atom stereocenters. The first kappa shape index (κ1) is 14.4. The van der Waals surface area contributed by atoms with E-state index in [0.717, 1.165) is 5.56 Å². The highest BCUT2D eigenvalue weighted by Crippen LogP contribution is 2.16. The highest BCUT2D eigenvalue weighted by atomic mass is 16.6. The van der Waals surface area contributed by atoms with Crippen molar-refractivity contribution >= 4 is 11.8 Å². The van der Waals surface area contributed by atoms with Crippen LogP contribution in [0.2, 0.25) is 0 Å². The Labute approximate surface area is 109 Å². The maximum absolute atomic E-state index is 12.0. The Morgan fingerprint density at radius 1 is 1.33 bits per heavy atom. The molecule has 2 N–H and O–H groups in total. The molecule has 1 aromatic rings. The molecule has 1 amide bonds. The Kier molecular flexibility index (Phi) is 4.59. The molecule has 4 heteroatoms. The number of carbonyl (C=O) groups excluding carboxylic acids is 1. The molecule has 1 rings (SSSR count). The van der Waals surface area contributed by atoms with Gasteiger partial charge in [0, 0.05) is 23.3 Å². The van der Waals surface area contributed by atoms with Gasteiger partial charge in [0.15, 0.2) is 0 Å². The lowest BCUT2D eigenvalue weighted by molar-refractivity contribution is 0.0657. The summed E-state index contributed by atoms with van der Waals surface area (Å²) in [5.41, 5.74) is 7.03. The minimum Gasteiger partial charge on any atom is -0.444 e. The Balaban J connectivity index is 2.64. The summed E-state index contributed by atoms with van der Waals surface area (Å²) in [6.45, 7) is 8.70. The topological polar surface area (TPSA) is 55.6 Å². The number of rotatable bonds is 3. The van der Waals surface area contributed by atoms with Gasteiger partial charge in [-0.25, -0.2) is 4.79 Å². The van der Waals surface area contributed by atoms with Gasteiger partial charge in [0.05, 0.1) is 0 Å². The number of ether oxygens (including phenoxy) is 1. The van der Waals surface area contributed by atoms with Crippen molar-refractivity contribution in [1.29, 1.82) is 0 Å². The van der Waals surface area contributed by atoms with Gasteiger partial charge < -0.3 is 15.4 Å². The van der Waals surface area contributed by atoms with E-state index in [2.05, 4.69) is 0 Å². The van der Waals surface area contributed by atoms with Crippen molar-refractivity contribution in [3.05, 3.63) is 29.8 Å². The quantitative estimate of drug-likeness (QED) is 0.839. The van der Waals surface area contributed by atoms with Crippen LogP contribution in [0.4, 0.5) is 10.5 Å². The number of nitrogen functional groups attached to an aromatic ring is 1. The van der Waals surface area contributed by atoms with E-state index in [1.807, 2.05) is 45.9 Å². The fourth-order valence-corrected chi connectivity index (χ4v) is 1.76. The molecule has 0 saturated heterocycles. The molecule has 0 aliphatic rings. The van der Waals surface area contributed by atoms with E-state index in [-0.39, 0.29) is 18.2 Å². The van der Waals surface area contributed by atoms with Crippen LogP contribution in [0.1, 0.15) is 33.3 Å². The molecule has 0 saturated carbocycles. The second kappa shape index (κ2) is 5.76. The molecular formula is C14H22N2O2. The summed E-state index contributed by atoms with van der Waals surface area (Å²) < 4.78 is 5.30. The lowest BCUT2D eigenvalue weighted by atomic mass is 10.1. The summed E-state index contributed by atoms with van der Waals surface area (Å²) in [6, 6.07) is 7.38. The van der Waals surface area contributed by atoms with Gasteiger partial charge in [-0.1, -0.05) is 18.2 Å². The van der Waals surface area contributed by atoms with E-state index in [4.69, 9.17) is 10.5 Å². The minimum absolute atomic E-state index is 0.206. The van der Waals surface area contributed by atoms with Gasteiger partial charge in [-0.05, 0) is 33.8 Å². The van der Waals surface area contributed by atoms with Crippen LogP contribution in [-0.2, 0) is 11.3 Å². The van der Waals surface area contributed by atoms with Crippen LogP contribution in [0.3, 0.4) is 0 Å². The number of para-hydroxylation sites is 1. The van der Waals surface area contributed by atoms with Gasteiger partial charge in [0.1, 0.15) is 6.61 Å². The van der Waals surface area contributed by atoms with Crippen LogP contribution in [0.25, 0.3) is 0 Å². The van der Waals surface area contributed by atoms with E-state index >= 15 is 0 Å². The maximum Gasteiger partial charge on any atom is 0.410 e. The summed E-state index contributed by atoms with van der Waals surface area (Å²) in [5, 5.41) is 0. The lowest BCUT2D eigenvalue weighted by Crippen LogP contribution is -2.45. The highest BCUT2D eigenvalue weighted by Gasteiger charge is 2.26. The summed E-state index contributed by atoms with van der Waals surface area (Å²) >= 11 is 0. The van der Waals surface area contributed by atoms with E-state index in [1.54, 1.807) is 11.0 Å². The predicted octanol–water partition coefficient (Wildman–Crippen LogP) is 3.03. The molecule has 0 radical (unpaired) electrons. The first-order valence-corrected chi connectivity index (χ1v) is 6.14. The van der Waals surface area contributed by atoms with E-state index < -0.39 is 0 Å². The fraction of sp³-hybridized carbons (Fsp3) is 0.500. The molecule has 0 aromatic heterocycles. The molecule has 0 bridgehead atoms. The average molecular weight is 250 g/mol. The first-order chi connectivity index (χ1) is 8.36. The molecule has 4 nitrogen and oxygen atoms in total. The Morgan fingerprint density at radius 3 is 2.44 bits per heavy atom. The third-order valence-corrected chi connectivity index (χ3v) is 2.75. The highest BCUT2D eigenvalue weighted by molar-refractivity contribution is 5.68. The molecule has 1 aromatic carbocycles. The van der Waals surface area contributed by atoms with Gasteiger partial charge in [-0.3, -0.25) is 0 Å². The number of benzene rings is 1. The minimum atomic E-state index is -0.312. The van der Waals surface area contributed by atoms with Crippen molar-refractivity contribution in [2.75, 3.05) is 12.3 Å². The molecule has 0 fully saturated rings. The number of nitrogens with zero attached hydrogens (tertiary/aromatic N) is 1. The number of amides is 1. The maximum atomic E-state index is 12.0. The number of carbonyl (C=O) groups is 1. The van der Waals surface area contributed by atoms with Gasteiger partial charge in [-0.15, -0.1) is 0 Å². The Morgan fingerprint density at radius 2 is 1.94 bits per heavy atom. The molecule has 18 heavy (non-hydrogen) atoms. The van der Waals surface area contributed by atoms with E-state index in [0.29, 0.717) is 12.2 Å². The Hall–Kier alpha value is -1.71. The molecule has 0 unspecified atom stereocenters. The summed E-state index contributed by atoms with van der Waals surface area (Å²) in [6.07, 6.45) is -0.312. The van der Waals surface area contributed by atoms with Crippen LogP contribution >= 0.6 is 0 Å². The zero-order valence-electron chi connectivity index (χ0n) is 11.6. The molecule has 0 aliphatic carbocycles. The zero-order chi connectivity index (χ0) is 13.8.